The molecular formula is C16H26N2O2S. The number of nitrogens with zero attached hydrogens (tertiary/aromatic N) is 1. The monoisotopic (exact) mass is 310 g/mol. The SMILES string of the molecule is CCCN(Cc1ccc(S(C)(=O)=O)cc1)C1CCNCC1. The molecule has 1 aromatic carbocycles. The van der Waals surface area contributed by atoms with Crippen LogP contribution in [-0.4, -0.2) is 45.2 Å². The average molecular weight is 310 g/mol. The van der Waals surface area contributed by atoms with Crippen LogP contribution in [0.25, 0.3) is 0 Å². The van der Waals surface area contributed by atoms with E-state index in [1.807, 2.05) is 12.1 Å². The Morgan fingerprint density at radius 3 is 2.33 bits per heavy atom. The Kier molecular flexibility index (Phi) is 5.79. The third-order valence-corrected chi connectivity index (χ3v) is 5.20. The summed E-state index contributed by atoms with van der Waals surface area (Å²) in [5.74, 6) is 0. The van der Waals surface area contributed by atoms with Crippen LogP contribution in [0.15, 0.2) is 29.2 Å². The molecule has 4 nitrogen and oxygen atoms in total. The van der Waals surface area contributed by atoms with Gasteiger partial charge in [-0.15, -0.1) is 0 Å². The van der Waals surface area contributed by atoms with Gasteiger partial charge in [0, 0.05) is 18.8 Å². The number of piperidine rings is 1. The smallest absolute Gasteiger partial charge is 0.175 e. The molecule has 2 rings (SSSR count). The fourth-order valence-electron chi connectivity index (χ4n) is 2.93. The fourth-order valence-corrected chi connectivity index (χ4v) is 3.56. The Morgan fingerprint density at radius 2 is 1.81 bits per heavy atom. The predicted octanol–water partition coefficient (Wildman–Crippen LogP) is 2.05. The van der Waals surface area contributed by atoms with Crippen molar-refractivity contribution < 1.29 is 8.42 Å². The maximum Gasteiger partial charge on any atom is 0.175 e. The van der Waals surface area contributed by atoms with E-state index in [-0.39, 0.29) is 0 Å². The highest BCUT2D eigenvalue weighted by Crippen LogP contribution is 2.17. The first-order chi connectivity index (χ1) is 10.0. The molecule has 21 heavy (non-hydrogen) atoms. The molecule has 0 spiro atoms. The van der Waals surface area contributed by atoms with Gasteiger partial charge in [0.05, 0.1) is 4.90 Å². The quantitative estimate of drug-likeness (QED) is 0.874. The van der Waals surface area contributed by atoms with Crippen LogP contribution in [0.5, 0.6) is 0 Å². The van der Waals surface area contributed by atoms with Crippen molar-refractivity contribution in [3.05, 3.63) is 29.8 Å². The maximum atomic E-state index is 11.5. The lowest BCUT2D eigenvalue weighted by atomic mass is 10.0. The third-order valence-electron chi connectivity index (χ3n) is 4.07. The van der Waals surface area contributed by atoms with E-state index in [2.05, 4.69) is 17.1 Å². The molecule has 0 amide bonds. The van der Waals surface area contributed by atoms with E-state index in [1.165, 1.54) is 24.7 Å². The van der Waals surface area contributed by atoms with Gasteiger partial charge in [-0.05, 0) is 56.6 Å². The van der Waals surface area contributed by atoms with Crippen LogP contribution in [0.1, 0.15) is 31.7 Å². The zero-order chi connectivity index (χ0) is 15.3. The highest BCUT2D eigenvalue weighted by molar-refractivity contribution is 7.90. The van der Waals surface area contributed by atoms with Crippen molar-refractivity contribution >= 4 is 9.84 Å². The summed E-state index contributed by atoms with van der Waals surface area (Å²) in [5.41, 5.74) is 1.19. The molecule has 0 unspecified atom stereocenters. The number of hydrogen-bond donors (Lipinski definition) is 1. The number of rotatable bonds is 6. The first-order valence-electron chi connectivity index (χ1n) is 7.74. The van der Waals surface area contributed by atoms with E-state index in [4.69, 9.17) is 0 Å². The van der Waals surface area contributed by atoms with Crippen LogP contribution < -0.4 is 5.32 Å². The molecule has 1 aliphatic rings. The molecule has 1 fully saturated rings. The van der Waals surface area contributed by atoms with Gasteiger partial charge in [0.25, 0.3) is 0 Å². The van der Waals surface area contributed by atoms with E-state index in [1.54, 1.807) is 12.1 Å². The topological polar surface area (TPSA) is 49.4 Å². The second kappa shape index (κ2) is 7.38. The Balaban J connectivity index is 2.05. The van der Waals surface area contributed by atoms with E-state index in [0.717, 1.165) is 32.6 Å². The van der Waals surface area contributed by atoms with Gasteiger partial charge in [0.1, 0.15) is 0 Å². The Morgan fingerprint density at radius 1 is 1.19 bits per heavy atom. The van der Waals surface area contributed by atoms with Gasteiger partial charge >= 0.3 is 0 Å². The summed E-state index contributed by atoms with van der Waals surface area (Å²) >= 11 is 0. The molecule has 118 valence electrons. The number of hydrogen-bond acceptors (Lipinski definition) is 4. The third kappa shape index (κ3) is 4.80. The summed E-state index contributed by atoms with van der Waals surface area (Å²) in [6, 6.07) is 7.97. The Hall–Kier alpha value is -0.910. The molecule has 1 saturated heterocycles. The van der Waals surface area contributed by atoms with Gasteiger partial charge in [0.15, 0.2) is 9.84 Å². The standard InChI is InChI=1S/C16H26N2O2S/c1-3-12-18(15-8-10-17-11-9-15)13-14-4-6-16(7-5-14)21(2,19)20/h4-7,15,17H,3,8-13H2,1-2H3. The van der Waals surface area contributed by atoms with Gasteiger partial charge in [-0.25, -0.2) is 8.42 Å². The van der Waals surface area contributed by atoms with Gasteiger partial charge in [-0.1, -0.05) is 19.1 Å². The van der Waals surface area contributed by atoms with Crippen LogP contribution >= 0.6 is 0 Å². The van der Waals surface area contributed by atoms with Crippen LogP contribution in [0.4, 0.5) is 0 Å². The minimum Gasteiger partial charge on any atom is -0.317 e. The van der Waals surface area contributed by atoms with Gasteiger partial charge < -0.3 is 5.32 Å². The number of sulfone groups is 1. The summed E-state index contributed by atoms with van der Waals surface area (Å²) in [6.45, 7) is 6.40. The summed E-state index contributed by atoms with van der Waals surface area (Å²) < 4.78 is 23.0. The summed E-state index contributed by atoms with van der Waals surface area (Å²) in [5, 5.41) is 3.41. The first-order valence-corrected chi connectivity index (χ1v) is 9.63. The molecule has 0 radical (unpaired) electrons. The predicted molar refractivity (Wildman–Crippen MR) is 86.1 cm³/mol. The lowest BCUT2D eigenvalue weighted by Gasteiger charge is -2.34. The Bertz CT molecular complexity index is 534. The molecule has 0 atom stereocenters. The summed E-state index contributed by atoms with van der Waals surface area (Å²) in [7, 11) is -3.10. The van der Waals surface area contributed by atoms with E-state index < -0.39 is 9.84 Å². The van der Waals surface area contributed by atoms with Crippen molar-refractivity contribution in [1.29, 1.82) is 0 Å². The van der Waals surface area contributed by atoms with E-state index in [0.29, 0.717) is 10.9 Å². The molecule has 0 aliphatic carbocycles. The number of nitrogens with one attached hydrogen (secondary N) is 1. The van der Waals surface area contributed by atoms with Crippen LogP contribution in [-0.2, 0) is 16.4 Å². The molecule has 5 heteroatoms. The fraction of sp³-hybridized carbons (Fsp3) is 0.625. The van der Waals surface area contributed by atoms with E-state index >= 15 is 0 Å². The highest BCUT2D eigenvalue weighted by atomic mass is 32.2. The molecule has 1 heterocycles. The molecule has 1 N–H and O–H groups in total. The second-order valence-electron chi connectivity index (χ2n) is 5.87. The van der Waals surface area contributed by atoms with Crippen LogP contribution in [0.2, 0.25) is 0 Å². The van der Waals surface area contributed by atoms with Gasteiger partial charge in [-0.3, -0.25) is 4.90 Å². The van der Waals surface area contributed by atoms with Crippen molar-refractivity contribution in [2.75, 3.05) is 25.9 Å². The van der Waals surface area contributed by atoms with Crippen molar-refractivity contribution in [3.8, 4) is 0 Å². The zero-order valence-electron chi connectivity index (χ0n) is 13.0. The second-order valence-corrected chi connectivity index (χ2v) is 7.88. The summed E-state index contributed by atoms with van der Waals surface area (Å²) in [6.07, 6.45) is 4.79. The normalized spacial score (nSPS) is 17.3. The summed E-state index contributed by atoms with van der Waals surface area (Å²) in [4.78, 5) is 2.94. The molecule has 1 aromatic rings. The van der Waals surface area contributed by atoms with Gasteiger partial charge in [0.2, 0.25) is 0 Å². The minimum atomic E-state index is -3.10. The van der Waals surface area contributed by atoms with Crippen LogP contribution in [0.3, 0.4) is 0 Å². The van der Waals surface area contributed by atoms with E-state index in [9.17, 15) is 8.42 Å². The largest absolute Gasteiger partial charge is 0.317 e. The molecular weight excluding hydrogens is 284 g/mol. The lowest BCUT2D eigenvalue weighted by Crippen LogP contribution is -2.43. The van der Waals surface area contributed by atoms with Crippen molar-refractivity contribution in [1.82, 2.24) is 10.2 Å². The first kappa shape index (κ1) is 16.5. The number of benzene rings is 1. The molecule has 1 aliphatic heterocycles. The lowest BCUT2D eigenvalue weighted by molar-refractivity contribution is 0.154. The Labute approximate surface area is 128 Å². The molecule has 0 aromatic heterocycles. The maximum absolute atomic E-state index is 11.5. The zero-order valence-corrected chi connectivity index (χ0v) is 13.8. The molecule has 0 bridgehead atoms. The minimum absolute atomic E-state index is 0.398. The highest BCUT2D eigenvalue weighted by Gasteiger charge is 2.20. The van der Waals surface area contributed by atoms with Crippen molar-refractivity contribution in [2.45, 2.75) is 43.7 Å². The van der Waals surface area contributed by atoms with Crippen molar-refractivity contribution in [3.63, 3.8) is 0 Å². The molecule has 0 saturated carbocycles. The van der Waals surface area contributed by atoms with Gasteiger partial charge in [-0.2, -0.15) is 0 Å². The average Bonchev–Trinajstić information content (AvgIpc) is 2.47. The van der Waals surface area contributed by atoms with Crippen LogP contribution in [0, 0.1) is 0 Å². The van der Waals surface area contributed by atoms with Crippen molar-refractivity contribution in [2.24, 2.45) is 0 Å².